The van der Waals surface area contributed by atoms with Gasteiger partial charge in [-0.05, 0) is 43.2 Å². The molecule has 3 heteroatoms. The van der Waals surface area contributed by atoms with Gasteiger partial charge < -0.3 is 11.1 Å². The molecule has 88 valence electrons. The lowest BCUT2D eigenvalue weighted by Crippen LogP contribution is -2.05. The molecule has 0 atom stereocenters. The summed E-state index contributed by atoms with van der Waals surface area (Å²) in [6, 6.07) is 10.0. The second kappa shape index (κ2) is 4.87. The lowest BCUT2D eigenvalue weighted by molar-refractivity contribution is 1.04. The van der Waals surface area contributed by atoms with Crippen LogP contribution in [-0.2, 0) is 6.54 Å². The predicted molar refractivity (Wildman–Crippen MR) is 71.9 cm³/mol. The highest BCUT2D eigenvalue weighted by Crippen LogP contribution is 2.24. The Morgan fingerprint density at radius 1 is 1.24 bits per heavy atom. The Kier molecular flexibility index (Phi) is 3.28. The van der Waals surface area contributed by atoms with E-state index < -0.39 is 0 Å². The number of aromatic nitrogens is 1. The quantitative estimate of drug-likeness (QED) is 0.793. The van der Waals surface area contributed by atoms with Gasteiger partial charge in [-0.1, -0.05) is 12.1 Å². The molecule has 3 nitrogen and oxygen atoms in total. The fourth-order valence-corrected chi connectivity index (χ4v) is 1.81. The van der Waals surface area contributed by atoms with E-state index in [2.05, 4.69) is 29.4 Å². The maximum Gasteiger partial charge on any atom is 0.0594 e. The summed E-state index contributed by atoms with van der Waals surface area (Å²) in [5.74, 6) is 0. The van der Waals surface area contributed by atoms with Crippen molar-refractivity contribution in [3.05, 3.63) is 53.3 Å². The molecule has 0 radical (unpaired) electrons. The van der Waals surface area contributed by atoms with Gasteiger partial charge >= 0.3 is 0 Å². The normalized spacial score (nSPS) is 10.2. The van der Waals surface area contributed by atoms with Gasteiger partial charge in [-0.15, -0.1) is 0 Å². The van der Waals surface area contributed by atoms with Crippen molar-refractivity contribution in [3.63, 3.8) is 0 Å². The molecule has 1 aromatic carbocycles. The van der Waals surface area contributed by atoms with E-state index in [0.717, 1.165) is 22.6 Å². The molecular weight excluding hydrogens is 210 g/mol. The first-order valence-electron chi connectivity index (χ1n) is 5.67. The third-order valence-electron chi connectivity index (χ3n) is 2.72. The van der Waals surface area contributed by atoms with Gasteiger partial charge in [0.25, 0.3) is 0 Å². The minimum atomic E-state index is 0.688. The number of nitrogen functional groups attached to an aromatic ring is 1. The minimum absolute atomic E-state index is 0.688. The molecule has 17 heavy (non-hydrogen) atoms. The number of anilines is 2. The number of pyridine rings is 1. The van der Waals surface area contributed by atoms with E-state index in [1.54, 1.807) is 6.20 Å². The van der Waals surface area contributed by atoms with Crippen LogP contribution in [0.3, 0.4) is 0 Å². The summed E-state index contributed by atoms with van der Waals surface area (Å²) in [6.07, 6.45) is 1.79. The standard InChI is InChI=1S/C14H17N3/c1-10-7-11(2)14(15)13(8-10)17-9-12-5-3-4-6-16-12/h3-8,17H,9,15H2,1-2H3. The van der Waals surface area contributed by atoms with Crippen molar-refractivity contribution in [2.45, 2.75) is 20.4 Å². The Morgan fingerprint density at radius 3 is 2.76 bits per heavy atom. The zero-order chi connectivity index (χ0) is 12.3. The van der Waals surface area contributed by atoms with Gasteiger partial charge in [0.1, 0.15) is 0 Å². The third kappa shape index (κ3) is 2.75. The van der Waals surface area contributed by atoms with Crippen LogP contribution >= 0.6 is 0 Å². The Hall–Kier alpha value is -2.03. The van der Waals surface area contributed by atoms with Crippen LogP contribution in [0.5, 0.6) is 0 Å². The molecule has 0 unspecified atom stereocenters. The number of nitrogens with two attached hydrogens (primary N) is 1. The fraction of sp³-hybridized carbons (Fsp3) is 0.214. The molecule has 0 saturated heterocycles. The molecule has 0 aliphatic heterocycles. The fourth-order valence-electron chi connectivity index (χ4n) is 1.81. The van der Waals surface area contributed by atoms with Gasteiger partial charge in [0.2, 0.25) is 0 Å². The molecule has 0 amide bonds. The monoisotopic (exact) mass is 227 g/mol. The zero-order valence-electron chi connectivity index (χ0n) is 10.2. The van der Waals surface area contributed by atoms with Crippen molar-refractivity contribution in [1.82, 2.24) is 4.98 Å². The number of nitrogens with one attached hydrogen (secondary N) is 1. The Labute approximate surface area is 102 Å². The Bertz CT molecular complexity index is 506. The van der Waals surface area contributed by atoms with Crippen LogP contribution < -0.4 is 11.1 Å². The molecule has 0 saturated carbocycles. The molecule has 0 fully saturated rings. The second-order valence-electron chi connectivity index (χ2n) is 4.22. The maximum absolute atomic E-state index is 6.03. The molecule has 3 N–H and O–H groups in total. The van der Waals surface area contributed by atoms with E-state index in [1.165, 1.54) is 5.56 Å². The van der Waals surface area contributed by atoms with Crippen LogP contribution in [0.15, 0.2) is 36.5 Å². The number of hydrogen-bond acceptors (Lipinski definition) is 3. The number of benzene rings is 1. The van der Waals surface area contributed by atoms with Crippen LogP contribution in [-0.4, -0.2) is 4.98 Å². The highest BCUT2D eigenvalue weighted by molar-refractivity contribution is 5.70. The van der Waals surface area contributed by atoms with Crippen molar-refractivity contribution in [2.24, 2.45) is 0 Å². The molecule has 2 rings (SSSR count). The Balaban J connectivity index is 2.14. The summed E-state index contributed by atoms with van der Waals surface area (Å²) in [5, 5.41) is 3.32. The average molecular weight is 227 g/mol. The molecular formula is C14H17N3. The SMILES string of the molecule is Cc1cc(C)c(N)c(NCc2ccccn2)c1. The summed E-state index contributed by atoms with van der Waals surface area (Å²) < 4.78 is 0. The largest absolute Gasteiger partial charge is 0.397 e. The Morgan fingerprint density at radius 2 is 2.06 bits per heavy atom. The van der Waals surface area contributed by atoms with Crippen molar-refractivity contribution in [3.8, 4) is 0 Å². The van der Waals surface area contributed by atoms with Crippen molar-refractivity contribution in [1.29, 1.82) is 0 Å². The minimum Gasteiger partial charge on any atom is -0.397 e. The smallest absolute Gasteiger partial charge is 0.0594 e. The second-order valence-corrected chi connectivity index (χ2v) is 4.22. The summed E-state index contributed by atoms with van der Waals surface area (Å²) in [6.45, 7) is 4.78. The molecule has 1 aromatic heterocycles. The van der Waals surface area contributed by atoms with Crippen LogP contribution in [0.4, 0.5) is 11.4 Å². The number of hydrogen-bond donors (Lipinski definition) is 2. The van der Waals surface area contributed by atoms with Crippen molar-refractivity contribution in [2.75, 3.05) is 11.1 Å². The first-order valence-corrected chi connectivity index (χ1v) is 5.67. The summed E-state index contributed by atoms with van der Waals surface area (Å²) >= 11 is 0. The lowest BCUT2D eigenvalue weighted by atomic mass is 10.1. The van der Waals surface area contributed by atoms with E-state index in [1.807, 2.05) is 25.1 Å². The van der Waals surface area contributed by atoms with E-state index in [9.17, 15) is 0 Å². The van der Waals surface area contributed by atoms with Crippen LogP contribution in [0.1, 0.15) is 16.8 Å². The van der Waals surface area contributed by atoms with Gasteiger partial charge in [0.15, 0.2) is 0 Å². The molecule has 0 aliphatic carbocycles. The first-order chi connectivity index (χ1) is 8.16. The zero-order valence-corrected chi connectivity index (χ0v) is 10.2. The van der Waals surface area contributed by atoms with Crippen LogP contribution in [0, 0.1) is 13.8 Å². The van der Waals surface area contributed by atoms with E-state index in [-0.39, 0.29) is 0 Å². The van der Waals surface area contributed by atoms with Gasteiger partial charge in [-0.3, -0.25) is 4.98 Å². The summed E-state index contributed by atoms with van der Waals surface area (Å²) in [5.41, 5.74) is 11.1. The van der Waals surface area contributed by atoms with Crippen molar-refractivity contribution < 1.29 is 0 Å². The van der Waals surface area contributed by atoms with Gasteiger partial charge in [-0.25, -0.2) is 0 Å². The number of rotatable bonds is 3. The highest BCUT2D eigenvalue weighted by atomic mass is 14.9. The van der Waals surface area contributed by atoms with Gasteiger partial charge in [0, 0.05) is 6.20 Å². The summed E-state index contributed by atoms with van der Waals surface area (Å²) in [4.78, 5) is 4.27. The molecule has 0 bridgehead atoms. The van der Waals surface area contributed by atoms with Gasteiger partial charge in [-0.2, -0.15) is 0 Å². The van der Waals surface area contributed by atoms with E-state index in [4.69, 9.17) is 5.73 Å². The van der Waals surface area contributed by atoms with E-state index >= 15 is 0 Å². The summed E-state index contributed by atoms with van der Waals surface area (Å²) in [7, 11) is 0. The first kappa shape index (κ1) is 11.5. The lowest BCUT2D eigenvalue weighted by Gasteiger charge is -2.12. The number of aryl methyl sites for hydroxylation is 2. The van der Waals surface area contributed by atoms with Crippen LogP contribution in [0.2, 0.25) is 0 Å². The molecule has 2 aromatic rings. The van der Waals surface area contributed by atoms with E-state index in [0.29, 0.717) is 6.54 Å². The van der Waals surface area contributed by atoms with Crippen molar-refractivity contribution >= 4 is 11.4 Å². The average Bonchev–Trinajstić information content (AvgIpc) is 2.33. The molecule has 1 heterocycles. The molecule has 0 spiro atoms. The van der Waals surface area contributed by atoms with Gasteiger partial charge in [0.05, 0.1) is 23.6 Å². The third-order valence-corrected chi connectivity index (χ3v) is 2.72. The number of nitrogens with zero attached hydrogens (tertiary/aromatic N) is 1. The maximum atomic E-state index is 6.03. The van der Waals surface area contributed by atoms with Crippen LogP contribution in [0.25, 0.3) is 0 Å². The highest BCUT2D eigenvalue weighted by Gasteiger charge is 2.03. The predicted octanol–water partition coefficient (Wildman–Crippen LogP) is 2.89. The molecule has 0 aliphatic rings. The topological polar surface area (TPSA) is 50.9 Å².